The number of anilines is 3. The van der Waals surface area contributed by atoms with Gasteiger partial charge in [0.05, 0.1) is 25.2 Å². The molecule has 2 aliphatic heterocycles. The highest BCUT2D eigenvalue weighted by Crippen LogP contribution is 2.31. The summed E-state index contributed by atoms with van der Waals surface area (Å²) in [6.07, 6.45) is 5.23. The maximum Gasteiger partial charge on any atom is 0.229 e. The highest BCUT2D eigenvalue weighted by atomic mass is 32.2. The molecule has 9 nitrogen and oxygen atoms in total. The number of sulfone groups is 1. The van der Waals surface area contributed by atoms with Crippen molar-refractivity contribution in [2.75, 3.05) is 68.2 Å². The zero-order chi connectivity index (χ0) is 22.4. The first kappa shape index (κ1) is 22.6. The molecule has 0 aliphatic carbocycles. The largest absolute Gasteiger partial charge is 0.493 e. The lowest BCUT2D eigenvalue weighted by Gasteiger charge is -2.27. The average molecular weight is 462 g/mol. The van der Waals surface area contributed by atoms with E-state index in [4.69, 9.17) is 9.47 Å². The number of nitrogens with zero attached hydrogens (tertiary/aromatic N) is 4. The van der Waals surface area contributed by atoms with Gasteiger partial charge in [0.15, 0.2) is 21.3 Å². The highest BCUT2D eigenvalue weighted by molar-refractivity contribution is 7.91. The van der Waals surface area contributed by atoms with Gasteiger partial charge in [0.2, 0.25) is 5.95 Å². The van der Waals surface area contributed by atoms with E-state index in [1.807, 2.05) is 23.1 Å². The van der Waals surface area contributed by atoms with E-state index in [1.54, 1.807) is 19.4 Å². The van der Waals surface area contributed by atoms with Crippen LogP contribution in [0.1, 0.15) is 19.3 Å². The van der Waals surface area contributed by atoms with E-state index in [-0.39, 0.29) is 11.5 Å². The predicted molar refractivity (Wildman–Crippen MR) is 125 cm³/mol. The van der Waals surface area contributed by atoms with Gasteiger partial charge in [0.25, 0.3) is 0 Å². The lowest BCUT2D eigenvalue weighted by molar-refractivity contribution is 0.254. The molecular weight excluding hydrogens is 430 g/mol. The van der Waals surface area contributed by atoms with Crippen LogP contribution in [0, 0.1) is 0 Å². The quantitative estimate of drug-likeness (QED) is 0.564. The van der Waals surface area contributed by atoms with Gasteiger partial charge in [-0.25, -0.2) is 13.4 Å². The molecule has 2 aromatic rings. The minimum Gasteiger partial charge on any atom is -0.493 e. The molecule has 2 saturated heterocycles. The summed E-state index contributed by atoms with van der Waals surface area (Å²) in [5, 5.41) is 3.22. The van der Waals surface area contributed by atoms with Crippen molar-refractivity contribution in [3.8, 4) is 11.5 Å². The third-order valence-corrected chi connectivity index (χ3v) is 7.41. The molecule has 0 spiro atoms. The molecule has 174 valence electrons. The van der Waals surface area contributed by atoms with Crippen LogP contribution >= 0.6 is 0 Å². The van der Waals surface area contributed by atoms with Gasteiger partial charge in [-0.15, -0.1) is 0 Å². The molecule has 2 fully saturated rings. The van der Waals surface area contributed by atoms with Crippen molar-refractivity contribution in [1.29, 1.82) is 0 Å². The van der Waals surface area contributed by atoms with Gasteiger partial charge in [-0.1, -0.05) is 0 Å². The van der Waals surface area contributed by atoms with Gasteiger partial charge in [-0.2, -0.15) is 4.98 Å². The molecule has 0 amide bonds. The summed E-state index contributed by atoms with van der Waals surface area (Å²) in [6.45, 7) is 4.94. The Balaban J connectivity index is 1.37. The topological polar surface area (TPSA) is 96.9 Å². The second-order valence-electron chi connectivity index (χ2n) is 8.12. The van der Waals surface area contributed by atoms with Crippen LogP contribution in [0.5, 0.6) is 11.5 Å². The minimum atomic E-state index is -2.94. The average Bonchev–Trinajstić information content (AvgIpc) is 3.31. The van der Waals surface area contributed by atoms with Gasteiger partial charge in [0.1, 0.15) is 5.82 Å². The highest BCUT2D eigenvalue weighted by Gasteiger charge is 2.22. The fourth-order valence-corrected chi connectivity index (χ4v) is 5.20. The van der Waals surface area contributed by atoms with Crippen LogP contribution in [0.15, 0.2) is 30.5 Å². The van der Waals surface area contributed by atoms with E-state index < -0.39 is 9.84 Å². The first-order valence-electron chi connectivity index (χ1n) is 11.1. The molecule has 3 heterocycles. The number of nitrogens with one attached hydrogen (secondary N) is 1. The summed E-state index contributed by atoms with van der Waals surface area (Å²) < 4.78 is 34.8. The normalized spacial score (nSPS) is 18.5. The van der Waals surface area contributed by atoms with Crippen LogP contribution in [-0.4, -0.2) is 81.2 Å². The first-order valence-corrected chi connectivity index (χ1v) is 12.9. The number of ether oxygens (including phenoxy) is 2. The third-order valence-electron chi connectivity index (χ3n) is 5.80. The number of hydrogen-bond acceptors (Lipinski definition) is 9. The van der Waals surface area contributed by atoms with Crippen LogP contribution in [0.4, 0.5) is 17.5 Å². The van der Waals surface area contributed by atoms with E-state index in [1.165, 1.54) is 25.9 Å². The van der Waals surface area contributed by atoms with E-state index in [0.29, 0.717) is 43.0 Å². The number of aromatic nitrogens is 2. The monoisotopic (exact) mass is 461 g/mol. The van der Waals surface area contributed by atoms with E-state index in [2.05, 4.69) is 20.2 Å². The van der Waals surface area contributed by atoms with E-state index >= 15 is 0 Å². The third kappa shape index (κ3) is 6.01. The molecule has 0 bridgehead atoms. The molecule has 0 unspecified atom stereocenters. The second kappa shape index (κ2) is 10.4. The van der Waals surface area contributed by atoms with Crippen molar-refractivity contribution in [2.45, 2.75) is 19.3 Å². The molecule has 1 aromatic carbocycles. The summed E-state index contributed by atoms with van der Waals surface area (Å²) >= 11 is 0. The Hall–Kier alpha value is -2.59. The van der Waals surface area contributed by atoms with Crippen molar-refractivity contribution in [3.05, 3.63) is 30.5 Å². The second-order valence-corrected chi connectivity index (χ2v) is 10.4. The van der Waals surface area contributed by atoms with Crippen LogP contribution in [0.2, 0.25) is 0 Å². The molecule has 4 rings (SSSR count). The smallest absolute Gasteiger partial charge is 0.229 e. The Kier molecular flexibility index (Phi) is 7.31. The zero-order valence-corrected chi connectivity index (χ0v) is 19.3. The molecule has 0 atom stereocenters. The molecule has 0 radical (unpaired) electrons. The van der Waals surface area contributed by atoms with Crippen LogP contribution < -0.4 is 19.7 Å². The minimum absolute atomic E-state index is 0.150. The number of hydrogen-bond donors (Lipinski definition) is 1. The summed E-state index contributed by atoms with van der Waals surface area (Å²) in [7, 11) is -1.31. The van der Waals surface area contributed by atoms with E-state index in [9.17, 15) is 8.42 Å². The fraction of sp³-hybridized carbons (Fsp3) is 0.545. The van der Waals surface area contributed by atoms with Crippen molar-refractivity contribution in [3.63, 3.8) is 0 Å². The Labute approximate surface area is 189 Å². The predicted octanol–water partition coefficient (Wildman–Crippen LogP) is 2.33. The van der Waals surface area contributed by atoms with Crippen molar-refractivity contribution in [2.24, 2.45) is 0 Å². The van der Waals surface area contributed by atoms with E-state index in [0.717, 1.165) is 18.7 Å². The molecule has 2 aliphatic rings. The number of benzene rings is 1. The Morgan fingerprint density at radius 3 is 2.59 bits per heavy atom. The molecule has 1 aromatic heterocycles. The summed E-state index contributed by atoms with van der Waals surface area (Å²) in [5.41, 5.74) is 0.790. The SMILES string of the molecule is COc1ccc(Nc2nccc(N3CCS(=O)(=O)CC3)n2)cc1OCCCN1CCCC1. The van der Waals surface area contributed by atoms with Crippen molar-refractivity contribution >= 4 is 27.3 Å². The molecule has 32 heavy (non-hydrogen) atoms. The molecule has 1 N–H and O–H groups in total. The molecular formula is C22H31N5O4S. The summed E-state index contributed by atoms with van der Waals surface area (Å²) in [5.74, 6) is 2.82. The number of rotatable bonds is 9. The van der Waals surface area contributed by atoms with Gasteiger partial charge in [0, 0.05) is 37.6 Å². The van der Waals surface area contributed by atoms with Crippen LogP contribution in [0.25, 0.3) is 0 Å². The summed E-state index contributed by atoms with van der Waals surface area (Å²) in [6, 6.07) is 7.43. The van der Waals surface area contributed by atoms with Crippen molar-refractivity contribution in [1.82, 2.24) is 14.9 Å². The van der Waals surface area contributed by atoms with Gasteiger partial charge >= 0.3 is 0 Å². The van der Waals surface area contributed by atoms with Crippen LogP contribution in [0.3, 0.4) is 0 Å². The first-order chi connectivity index (χ1) is 15.5. The van der Waals surface area contributed by atoms with Crippen LogP contribution in [-0.2, 0) is 9.84 Å². The molecule has 10 heteroatoms. The Morgan fingerprint density at radius 2 is 1.84 bits per heavy atom. The summed E-state index contributed by atoms with van der Waals surface area (Å²) in [4.78, 5) is 13.3. The van der Waals surface area contributed by atoms with Gasteiger partial charge in [-0.05, 0) is 50.6 Å². The lowest BCUT2D eigenvalue weighted by Crippen LogP contribution is -2.40. The Morgan fingerprint density at radius 1 is 1.06 bits per heavy atom. The Bertz CT molecular complexity index is 997. The standard InChI is InChI=1S/C22H31N5O4S/c1-30-19-6-5-18(17-20(19)31-14-4-11-26-9-2-3-10-26)24-22-23-8-7-21(25-22)27-12-15-32(28,29)16-13-27/h5-8,17H,2-4,9-16H2,1H3,(H,23,24,25). The number of likely N-dealkylation sites (tertiary alicyclic amines) is 1. The van der Waals surface area contributed by atoms with Gasteiger partial charge < -0.3 is 24.6 Å². The maximum absolute atomic E-state index is 11.7. The number of methoxy groups -OCH3 is 1. The van der Waals surface area contributed by atoms with Crippen molar-refractivity contribution < 1.29 is 17.9 Å². The van der Waals surface area contributed by atoms with Gasteiger partial charge in [-0.3, -0.25) is 0 Å². The lowest BCUT2D eigenvalue weighted by atomic mass is 10.2. The zero-order valence-electron chi connectivity index (χ0n) is 18.5. The fourth-order valence-electron chi connectivity index (χ4n) is 4.00. The molecule has 0 saturated carbocycles. The maximum atomic E-state index is 11.7.